The van der Waals surface area contributed by atoms with E-state index in [0.717, 1.165) is 57.8 Å². The van der Waals surface area contributed by atoms with Gasteiger partial charge in [0.05, 0.1) is 0 Å². The van der Waals surface area contributed by atoms with Crippen LogP contribution in [0.3, 0.4) is 0 Å². The van der Waals surface area contributed by atoms with Crippen LogP contribution in [0.2, 0.25) is 0 Å². The van der Waals surface area contributed by atoms with Gasteiger partial charge >= 0.3 is 17.9 Å². The van der Waals surface area contributed by atoms with Gasteiger partial charge in [0.25, 0.3) is 0 Å². The van der Waals surface area contributed by atoms with Crippen LogP contribution >= 0.6 is 0 Å². The van der Waals surface area contributed by atoms with Gasteiger partial charge in [0, 0.05) is 19.3 Å². The number of esters is 3. The van der Waals surface area contributed by atoms with Gasteiger partial charge in [-0.25, -0.2) is 0 Å². The Morgan fingerprint density at radius 3 is 0.617 bits per heavy atom. The molecule has 480 valence electrons. The van der Waals surface area contributed by atoms with Crippen molar-refractivity contribution in [1.29, 1.82) is 0 Å². The Morgan fingerprint density at radius 1 is 0.235 bits per heavy atom. The molecule has 0 saturated heterocycles. The molecular formula is C75H144O6. The molecule has 1 atom stereocenters. The molecule has 0 heterocycles. The first-order valence-corrected chi connectivity index (χ1v) is 37.2. The second-order valence-corrected chi connectivity index (χ2v) is 25.6. The van der Waals surface area contributed by atoms with Crippen molar-refractivity contribution in [2.75, 3.05) is 13.2 Å². The van der Waals surface area contributed by atoms with Gasteiger partial charge in [0.2, 0.25) is 0 Å². The van der Waals surface area contributed by atoms with Gasteiger partial charge < -0.3 is 14.2 Å². The Labute approximate surface area is 507 Å². The highest BCUT2D eigenvalue weighted by Gasteiger charge is 2.20. The van der Waals surface area contributed by atoms with Crippen LogP contribution < -0.4 is 0 Å². The number of rotatable bonds is 70. The molecule has 0 aliphatic heterocycles. The number of carbonyl (C=O) groups excluding carboxylic acids is 3. The lowest BCUT2D eigenvalue weighted by Crippen LogP contribution is -2.30. The first-order valence-electron chi connectivity index (χ1n) is 37.2. The van der Waals surface area contributed by atoms with E-state index < -0.39 is 6.10 Å². The summed E-state index contributed by atoms with van der Waals surface area (Å²) in [5.41, 5.74) is 0. The largest absolute Gasteiger partial charge is 0.462 e. The molecule has 0 aromatic rings. The van der Waals surface area contributed by atoms with E-state index in [1.807, 2.05) is 0 Å². The maximum Gasteiger partial charge on any atom is 0.306 e. The molecule has 81 heavy (non-hydrogen) atoms. The van der Waals surface area contributed by atoms with E-state index in [4.69, 9.17) is 14.2 Å². The second kappa shape index (κ2) is 70.6. The number of allylic oxidation sites excluding steroid dienone is 2. The van der Waals surface area contributed by atoms with Crippen molar-refractivity contribution in [2.24, 2.45) is 0 Å². The van der Waals surface area contributed by atoms with Gasteiger partial charge in [-0.1, -0.05) is 380 Å². The Morgan fingerprint density at radius 2 is 0.407 bits per heavy atom. The fourth-order valence-electron chi connectivity index (χ4n) is 11.7. The Bertz CT molecular complexity index is 1260. The minimum Gasteiger partial charge on any atom is -0.462 e. The highest BCUT2D eigenvalue weighted by atomic mass is 16.6. The Kier molecular flexibility index (Phi) is 69.0. The molecular weight excluding hydrogens is 997 g/mol. The molecule has 0 aliphatic carbocycles. The minimum atomic E-state index is -0.766. The SMILES string of the molecule is CCCCCCCCCC/C=C\CCCCCCCCCCCCCCCC(=O)OCC(COC(=O)CCCCCCCCCCCCCCCCCCCCC)OC(=O)CCCCCCCCCCCCCCCCCCCCC. The Balaban J connectivity index is 4.26. The second-order valence-electron chi connectivity index (χ2n) is 25.6. The average molecular weight is 1140 g/mol. The smallest absolute Gasteiger partial charge is 0.306 e. The molecule has 0 aromatic heterocycles. The van der Waals surface area contributed by atoms with Crippen LogP contribution in [0.4, 0.5) is 0 Å². The number of unbranched alkanes of at least 4 members (excludes halogenated alkanes) is 57. The van der Waals surface area contributed by atoms with E-state index in [1.54, 1.807) is 0 Å². The minimum absolute atomic E-state index is 0.0620. The molecule has 0 aromatic carbocycles. The van der Waals surface area contributed by atoms with Crippen molar-refractivity contribution in [3.63, 3.8) is 0 Å². The first kappa shape index (κ1) is 79.2. The molecule has 0 spiro atoms. The summed E-state index contributed by atoms with van der Waals surface area (Å²) in [4.78, 5) is 38.5. The van der Waals surface area contributed by atoms with Gasteiger partial charge in [-0.3, -0.25) is 14.4 Å². The summed E-state index contributed by atoms with van der Waals surface area (Å²) in [6.07, 6.45) is 85.3. The average Bonchev–Trinajstić information content (AvgIpc) is 3.47. The van der Waals surface area contributed by atoms with Crippen LogP contribution in [-0.4, -0.2) is 37.2 Å². The van der Waals surface area contributed by atoms with Crippen LogP contribution in [0.1, 0.15) is 432 Å². The van der Waals surface area contributed by atoms with Crippen molar-refractivity contribution in [3.8, 4) is 0 Å². The van der Waals surface area contributed by atoms with Crippen LogP contribution in [0.15, 0.2) is 12.2 Å². The number of hydrogen-bond acceptors (Lipinski definition) is 6. The van der Waals surface area contributed by atoms with Gasteiger partial charge in [0.15, 0.2) is 6.10 Å². The first-order chi connectivity index (χ1) is 40.0. The molecule has 0 aliphatic rings. The Hall–Kier alpha value is -1.85. The predicted molar refractivity (Wildman–Crippen MR) is 353 cm³/mol. The fraction of sp³-hybridized carbons (Fsp3) is 0.933. The van der Waals surface area contributed by atoms with E-state index in [1.165, 1.54) is 334 Å². The van der Waals surface area contributed by atoms with E-state index >= 15 is 0 Å². The molecule has 0 saturated carbocycles. The van der Waals surface area contributed by atoms with Crippen LogP contribution in [0.5, 0.6) is 0 Å². The highest BCUT2D eigenvalue weighted by Crippen LogP contribution is 2.19. The van der Waals surface area contributed by atoms with Crippen molar-refractivity contribution in [3.05, 3.63) is 12.2 Å². The molecule has 0 N–H and O–H groups in total. The zero-order valence-corrected chi connectivity index (χ0v) is 55.4. The standard InChI is InChI=1S/C75H144O6/c1-4-7-10-13-16-19-22-25-28-31-34-35-36-37-38-39-42-44-47-50-53-56-59-62-65-68-74(77)80-71-72(81-75(78)69-66-63-60-57-54-51-48-45-41-33-30-27-24-21-18-15-12-9-6-3)70-79-73(76)67-64-61-58-55-52-49-46-43-40-32-29-26-23-20-17-14-11-8-5-2/h31,34,72H,4-30,32-33,35-71H2,1-3H3/b34-31-. The molecule has 0 radical (unpaired) electrons. The summed E-state index contributed by atoms with van der Waals surface area (Å²) in [7, 11) is 0. The number of hydrogen-bond donors (Lipinski definition) is 0. The van der Waals surface area contributed by atoms with E-state index in [0.29, 0.717) is 19.3 Å². The van der Waals surface area contributed by atoms with Gasteiger partial charge in [-0.2, -0.15) is 0 Å². The van der Waals surface area contributed by atoms with Gasteiger partial charge in [-0.05, 0) is 44.9 Å². The molecule has 6 heteroatoms. The predicted octanol–water partition coefficient (Wildman–Crippen LogP) is 25.6. The highest BCUT2D eigenvalue weighted by molar-refractivity contribution is 5.71. The molecule has 1 unspecified atom stereocenters. The van der Waals surface area contributed by atoms with Gasteiger partial charge in [0.1, 0.15) is 13.2 Å². The van der Waals surface area contributed by atoms with Crippen LogP contribution in [-0.2, 0) is 28.6 Å². The van der Waals surface area contributed by atoms with E-state index in [-0.39, 0.29) is 31.1 Å². The summed E-state index contributed by atoms with van der Waals surface area (Å²) < 4.78 is 17.1. The third-order valence-corrected chi connectivity index (χ3v) is 17.3. The normalized spacial score (nSPS) is 12.0. The number of ether oxygens (including phenoxy) is 3. The topological polar surface area (TPSA) is 78.9 Å². The summed E-state index contributed by atoms with van der Waals surface area (Å²) in [6.45, 7) is 6.75. The molecule has 0 amide bonds. The molecule has 0 bridgehead atoms. The summed E-state index contributed by atoms with van der Waals surface area (Å²) in [6, 6.07) is 0. The lowest BCUT2D eigenvalue weighted by atomic mass is 10.0. The van der Waals surface area contributed by atoms with Crippen molar-refractivity contribution >= 4 is 17.9 Å². The lowest BCUT2D eigenvalue weighted by Gasteiger charge is -2.18. The van der Waals surface area contributed by atoms with Crippen LogP contribution in [0.25, 0.3) is 0 Å². The van der Waals surface area contributed by atoms with Crippen LogP contribution in [0, 0.1) is 0 Å². The third kappa shape index (κ3) is 68.8. The van der Waals surface area contributed by atoms with E-state index in [9.17, 15) is 14.4 Å². The molecule has 6 nitrogen and oxygen atoms in total. The monoisotopic (exact) mass is 1140 g/mol. The summed E-state index contributed by atoms with van der Waals surface area (Å²) >= 11 is 0. The zero-order valence-electron chi connectivity index (χ0n) is 55.4. The van der Waals surface area contributed by atoms with Crippen molar-refractivity contribution in [1.82, 2.24) is 0 Å². The lowest BCUT2D eigenvalue weighted by molar-refractivity contribution is -0.167. The third-order valence-electron chi connectivity index (χ3n) is 17.3. The maximum atomic E-state index is 13.0. The van der Waals surface area contributed by atoms with Crippen molar-refractivity contribution < 1.29 is 28.6 Å². The summed E-state index contributed by atoms with van der Waals surface area (Å²) in [5.74, 6) is -0.821. The molecule has 0 fully saturated rings. The summed E-state index contributed by atoms with van der Waals surface area (Å²) in [5, 5.41) is 0. The number of carbonyl (C=O) groups is 3. The van der Waals surface area contributed by atoms with Gasteiger partial charge in [-0.15, -0.1) is 0 Å². The molecule has 0 rings (SSSR count). The van der Waals surface area contributed by atoms with E-state index in [2.05, 4.69) is 32.9 Å². The zero-order chi connectivity index (χ0) is 58.5. The fourth-order valence-corrected chi connectivity index (χ4v) is 11.7. The quantitative estimate of drug-likeness (QED) is 0.0261. The van der Waals surface area contributed by atoms with Crippen molar-refractivity contribution in [2.45, 2.75) is 438 Å². The maximum absolute atomic E-state index is 13.0.